The molecule has 4 nitrogen and oxygen atoms in total. The van der Waals surface area contributed by atoms with Crippen LogP contribution in [-0.2, 0) is 4.79 Å². The van der Waals surface area contributed by atoms with Gasteiger partial charge in [0.15, 0.2) is 0 Å². The number of aliphatic carboxylic acids is 1. The number of benzene rings is 2. The van der Waals surface area contributed by atoms with Gasteiger partial charge in [-0.3, -0.25) is 4.79 Å². The quantitative estimate of drug-likeness (QED) is 0.863. The van der Waals surface area contributed by atoms with E-state index in [2.05, 4.69) is 0 Å². The van der Waals surface area contributed by atoms with E-state index < -0.39 is 17.9 Å². The zero-order valence-corrected chi connectivity index (χ0v) is 9.83. The predicted molar refractivity (Wildman–Crippen MR) is 68.3 cm³/mol. The van der Waals surface area contributed by atoms with Crippen LogP contribution in [0.25, 0.3) is 11.1 Å². The molecule has 0 bridgehead atoms. The number of fused-ring (bicyclic) bond motifs is 3. The topological polar surface area (TPSA) is 74.6 Å². The highest BCUT2D eigenvalue weighted by molar-refractivity contribution is 6.02. The predicted octanol–water partition coefficient (Wildman–Crippen LogP) is 2.58. The largest absolute Gasteiger partial charge is 0.481 e. The lowest BCUT2D eigenvalue weighted by molar-refractivity contribution is -0.137. The van der Waals surface area contributed by atoms with Crippen molar-refractivity contribution in [3.8, 4) is 11.1 Å². The number of hydrogen-bond donors (Lipinski definition) is 2. The summed E-state index contributed by atoms with van der Waals surface area (Å²) >= 11 is 0. The summed E-state index contributed by atoms with van der Waals surface area (Å²) < 4.78 is 0. The van der Waals surface area contributed by atoms with Crippen molar-refractivity contribution in [2.75, 3.05) is 0 Å². The van der Waals surface area contributed by atoms with Gasteiger partial charge in [0.25, 0.3) is 0 Å². The summed E-state index contributed by atoms with van der Waals surface area (Å²) in [5, 5.41) is 18.6. The van der Waals surface area contributed by atoms with Crippen LogP contribution in [0.5, 0.6) is 0 Å². The van der Waals surface area contributed by atoms with Crippen LogP contribution in [0.3, 0.4) is 0 Å². The molecular weight excluding hydrogens is 244 g/mol. The van der Waals surface area contributed by atoms with Crippen LogP contribution in [0.2, 0.25) is 0 Å². The van der Waals surface area contributed by atoms with Gasteiger partial charge in [-0.05, 0) is 22.8 Å². The number of carboxylic acids is 2. The minimum Gasteiger partial charge on any atom is -0.481 e. The molecule has 0 amide bonds. The average Bonchev–Trinajstić information content (AvgIpc) is 2.72. The first-order valence-electron chi connectivity index (χ1n) is 5.79. The molecule has 0 heterocycles. The van der Waals surface area contributed by atoms with Crippen LogP contribution in [0.1, 0.15) is 27.4 Å². The first-order valence-corrected chi connectivity index (χ1v) is 5.79. The molecule has 0 aromatic heterocycles. The van der Waals surface area contributed by atoms with Gasteiger partial charge in [-0.2, -0.15) is 0 Å². The van der Waals surface area contributed by atoms with Crippen LogP contribution >= 0.6 is 0 Å². The van der Waals surface area contributed by atoms with Crippen molar-refractivity contribution in [1.82, 2.24) is 0 Å². The van der Waals surface area contributed by atoms with Crippen molar-refractivity contribution >= 4 is 11.9 Å². The minimum absolute atomic E-state index is 0.147. The molecule has 1 aliphatic rings. The van der Waals surface area contributed by atoms with Crippen molar-refractivity contribution in [3.05, 3.63) is 59.2 Å². The van der Waals surface area contributed by atoms with Crippen LogP contribution in [0.15, 0.2) is 42.5 Å². The molecule has 2 aromatic carbocycles. The molecule has 2 N–H and O–H groups in total. The maximum atomic E-state index is 11.5. The van der Waals surface area contributed by atoms with Gasteiger partial charge < -0.3 is 10.2 Å². The Morgan fingerprint density at radius 1 is 0.895 bits per heavy atom. The SMILES string of the molecule is O=C(O)c1cccc2c1-c1ccccc1C2C(=O)O. The Kier molecular flexibility index (Phi) is 2.38. The molecule has 0 saturated carbocycles. The highest BCUT2D eigenvalue weighted by atomic mass is 16.4. The Balaban J connectivity index is 2.39. The second-order valence-electron chi connectivity index (χ2n) is 4.43. The molecule has 1 unspecified atom stereocenters. The molecule has 1 atom stereocenters. The van der Waals surface area contributed by atoms with E-state index in [1.807, 2.05) is 0 Å². The lowest BCUT2D eigenvalue weighted by Gasteiger charge is -2.07. The third-order valence-corrected chi connectivity index (χ3v) is 3.43. The molecule has 0 saturated heterocycles. The lowest BCUT2D eigenvalue weighted by atomic mass is 9.96. The van der Waals surface area contributed by atoms with E-state index in [1.165, 1.54) is 6.07 Å². The molecule has 4 heteroatoms. The normalized spacial score (nSPS) is 15.7. The fourth-order valence-corrected chi connectivity index (χ4v) is 2.70. The van der Waals surface area contributed by atoms with Gasteiger partial charge in [-0.1, -0.05) is 36.4 Å². The van der Waals surface area contributed by atoms with E-state index in [4.69, 9.17) is 0 Å². The molecule has 94 valence electrons. The van der Waals surface area contributed by atoms with E-state index in [0.717, 1.165) is 0 Å². The van der Waals surface area contributed by atoms with Gasteiger partial charge in [0, 0.05) is 5.56 Å². The highest BCUT2D eigenvalue weighted by Crippen LogP contribution is 2.46. The Morgan fingerprint density at radius 2 is 1.58 bits per heavy atom. The van der Waals surface area contributed by atoms with E-state index in [1.54, 1.807) is 36.4 Å². The van der Waals surface area contributed by atoms with E-state index in [9.17, 15) is 19.8 Å². The van der Waals surface area contributed by atoms with Gasteiger partial charge in [0.2, 0.25) is 0 Å². The summed E-state index contributed by atoms with van der Waals surface area (Å²) in [6, 6.07) is 11.8. The minimum atomic E-state index is -1.04. The zero-order chi connectivity index (χ0) is 13.6. The van der Waals surface area contributed by atoms with Crippen molar-refractivity contribution in [1.29, 1.82) is 0 Å². The highest BCUT2D eigenvalue weighted by Gasteiger charge is 2.35. The smallest absolute Gasteiger partial charge is 0.336 e. The van der Waals surface area contributed by atoms with Gasteiger partial charge >= 0.3 is 11.9 Å². The van der Waals surface area contributed by atoms with Crippen LogP contribution < -0.4 is 0 Å². The van der Waals surface area contributed by atoms with Crippen molar-refractivity contribution in [2.45, 2.75) is 5.92 Å². The summed E-state index contributed by atoms with van der Waals surface area (Å²) in [6.07, 6.45) is 0. The Hall–Kier alpha value is -2.62. The fraction of sp³-hybridized carbons (Fsp3) is 0.0667. The molecule has 1 aliphatic carbocycles. The molecule has 19 heavy (non-hydrogen) atoms. The van der Waals surface area contributed by atoms with Gasteiger partial charge in [0.05, 0.1) is 5.56 Å². The Morgan fingerprint density at radius 3 is 2.26 bits per heavy atom. The van der Waals surface area contributed by atoms with E-state index >= 15 is 0 Å². The van der Waals surface area contributed by atoms with Crippen molar-refractivity contribution in [2.24, 2.45) is 0 Å². The summed E-state index contributed by atoms with van der Waals surface area (Å²) in [7, 11) is 0. The van der Waals surface area contributed by atoms with Crippen molar-refractivity contribution < 1.29 is 19.8 Å². The molecule has 0 radical (unpaired) electrons. The van der Waals surface area contributed by atoms with Crippen LogP contribution in [-0.4, -0.2) is 22.2 Å². The van der Waals surface area contributed by atoms with Crippen molar-refractivity contribution in [3.63, 3.8) is 0 Å². The number of hydrogen-bond acceptors (Lipinski definition) is 2. The fourth-order valence-electron chi connectivity index (χ4n) is 2.70. The molecule has 3 rings (SSSR count). The third kappa shape index (κ3) is 1.53. The third-order valence-electron chi connectivity index (χ3n) is 3.43. The molecule has 0 spiro atoms. The van der Waals surface area contributed by atoms with E-state index in [0.29, 0.717) is 22.3 Å². The molecule has 0 aliphatic heterocycles. The van der Waals surface area contributed by atoms with Crippen LogP contribution in [0.4, 0.5) is 0 Å². The van der Waals surface area contributed by atoms with Gasteiger partial charge in [-0.25, -0.2) is 4.79 Å². The molecular formula is C15H10O4. The maximum Gasteiger partial charge on any atom is 0.336 e. The number of carbonyl (C=O) groups is 2. The first kappa shape index (κ1) is 11.5. The van der Waals surface area contributed by atoms with Crippen LogP contribution in [0, 0.1) is 0 Å². The Bertz CT molecular complexity index is 703. The second-order valence-corrected chi connectivity index (χ2v) is 4.43. The number of carboxylic acid groups (broad SMARTS) is 2. The summed E-state index contributed by atoms with van der Waals surface area (Å²) in [5.41, 5.74) is 2.57. The summed E-state index contributed by atoms with van der Waals surface area (Å²) in [6.45, 7) is 0. The first-order chi connectivity index (χ1) is 9.11. The summed E-state index contributed by atoms with van der Waals surface area (Å²) in [5.74, 6) is -2.79. The molecule has 2 aromatic rings. The summed E-state index contributed by atoms with van der Waals surface area (Å²) in [4.78, 5) is 22.8. The van der Waals surface area contributed by atoms with Gasteiger partial charge in [0.1, 0.15) is 5.92 Å². The number of rotatable bonds is 2. The monoisotopic (exact) mass is 254 g/mol. The Labute approximate surface area is 108 Å². The average molecular weight is 254 g/mol. The second kappa shape index (κ2) is 3.95. The molecule has 0 fully saturated rings. The standard InChI is InChI=1S/C15H10O4/c16-14(17)11-7-3-6-10-12(11)8-4-1-2-5-9(8)13(10)15(18)19/h1-7,13H,(H,16,17)(H,18,19). The van der Waals surface area contributed by atoms with Gasteiger partial charge in [-0.15, -0.1) is 0 Å². The maximum absolute atomic E-state index is 11.5. The zero-order valence-electron chi connectivity index (χ0n) is 9.83. The lowest BCUT2D eigenvalue weighted by Crippen LogP contribution is -2.10. The van der Waals surface area contributed by atoms with E-state index in [-0.39, 0.29) is 5.56 Å². The number of aromatic carboxylic acids is 1.